The van der Waals surface area contributed by atoms with Gasteiger partial charge in [0.1, 0.15) is 5.76 Å². The van der Waals surface area contributed by atoms with Gasteiger partial charge in [0.2, 0.25) is 5.89 Å². The highest BCUT2D eigenvalue weighted by molar-refractivity contribution is 5.74. The lowest BCUT2D eigenvalue weighted by atomic mass is 10.2. The number of rotatable bonds is 3. The molecular formula is C11H17N3O2. The van der Waals surface area contributed by atoms with E-state index in [2.05, 4.69) is 15.6 Å². The number of aromatic nitrogens is 1. The van der Waals surface area contributed by atoms with Crippen molar-refractivity contribution in [3.05, 3.63) is 17.8 Å². The fourth-order valence-electron chi connectivity index (χ4n) is 1.95. The molecule has 1 aliphatic carbocycles. The molecule has 0 atom stereocenters. The molecule has 1 saturated carbocycles. The maximum Gasteiger partial charge on any atom is 0.315 e. The Morgan fingerprint density at radius 3 is 2.94 bits per heavy atom. The van der Waals surface area contributed by atoms with Crippen LogP contribution in [-0.4, -0.2) is 17.1 Å². The molecule has 0 bridgehead atoms. The van der Waals surface area contributed by atoms with Crippen LogP contribution in [-0.2, 0) is 6.54 Å². The molecule has 2 amide bonds. The lowest BCUT2D eigenvalue weighted by Crippen LogP contribution is -2.40. The Morgan fingerprint density at radius 2 is 2.31 bits per heavy atom. The normalized spacial score (nSPS) is 16.3. The Balaban J connectivity index is 1.71. The van der Waals surface area contributed by atoms with E-state index in [1.807, 2.05) is 6.92 Å². The Morgan fingerprint density at radius 1 is 1.56 bits per heavy atom. The zero-order valence-corrected chi connectivity index (χ0v) is 9.45. The molecule has 0 unspecified atom stereocenters. The summed E-state index contributed by atoms with van der Waals surface area (Å²) >= 11 is 0. The van der Waals surface area contributed by atoms with Crippen molar-refractivity contribution < 1.29 is 9.21 Å². The number of hydrogen-bond acceptors (Lipinski definition) is 3. The molecule has 1 aliphatic rings. The molecule has 0 aromatic carbocycles. The molecule has 1 aromatic heterocycles. The smallest absolute Gasteiger partial charge is 0.315 e. The van der Waals surface area contributed by atoms with Gasteiger partial charge in [0.25, 0.3) is 0 Å². The summed E-state index contributed by atoms with van der Waals surface area (Å²) in [4.78, 5) is 15.5. The minimum absolute atomic E-state index is 0.136. The second-order valence-electron chi connectivity index (χ2n) is 4.17. The molecule has 2 rings (SSSR count). The van der Waals surface area contributed by atoms with Crippen molar-refractivity contribution in [3.63, 3.8) is 0 Å². The van der Waals surface area contributed by atoms with E-state index < -0.39 is 0 Å². The van der Waals surface area contributed by atoms with Crippen LogP contribution in [0.3, 0.4) is 0 Å². The molecule has 16 heavy (non-hydrogen) atoms. The first-order chi connectivity index (χ1) is 7.74. The van der Waals surface area contributed by atoms with E-state index in [4.69, 9.17) is 4.42 Å². The van der Waals surface area contributed by atoms with Crippen LogP contribution in [0.2, 0.25) is 0 Å². The van der Waals surface area contributed by atoms with Gasteiger partial charge in [0, 0.05) is 6.04 Å². The second-order valence-corrected chi connectivity index (χ2v) is 4.17. The summed E-state index contributed by atoms with van der Waals surface area (Å²) in [5.41, 5.74) is 0. The fraction of sp³-hybridized carbons (Fsp3) is 0.636. The minimum atomic E-state index is -0.136. The van der Waals surface area contributed by atoms with Crippen molar-refractivity contribution >= 4 is 6.03 Å². The van der Waals surface area contributed by atoms with Crippen molar-refractivity contribution in [1.82, 2.24) is 15.6 Å². The van der Waals surface area contributed by atoms with Crippen molar-refractivity contribution in [2.45, 2.75) is 45.2 Å². The number of aryl methyl sites for hydroxylation is 1. The molecule has 1 aromatic rings. The number of carbonyl (C=O) groups is 1. The molecule has 0 spiro atoms. The van der Waals surface area contributed by atoms with Crippen LogP contribution in [0.4, 0.5) is 4.79 Å². The topological polar surface area (TPSA) is 67.2 Å². The molecule has 5 nitrogen and oxygen atoms in total. The maximum atomic E-state index is 11.5. The number of urea groups is 1. The summed E-state index contributed by atoms with van der Waals surface area (Å²) in [5.74, 6) is 1.30. The highest BCUT2D eigenvalue weighted by atomic mass is 16.4. The quantitative estimate of drug-likeness (QED) is 0.820. The van der Waals surface area contributed by atoms with E-state index in [9.17, 15) is 4.79 Å². The van der Waals surface area contributed by atoms with E-state index in [0.29, 0.717) is 18.5 Å². The second kappa shape index (κ2) is 5.01. The van der Waals surface area contributed by atoms with E-state index in [-0.39, 0.29) is 6.03 Å². The monoisotopic (exact) mass is 223 g/mol. The number of nitrogens with zero attached hydrogens (tertiary/aromatic N) is 1. The van der Waals surface area contributed by atoms with Crippen molar-refractivity contribution in [1.29, 1.82) is 0 Å². The molecule has 5 heteroatoms. The molecule has 2 N–H and O–H groups in total. The molecule has 88 valence electrons. The third kappa shape index (κ3) is 2.98. The molecule has 0 saturated heterocycles. The van der Waals surface area contributed by atoms with Crippen molar-refractivity contribution in [2.24, 2.45) is 0 Å². The van der Waals surface area contributed by atoms with Crippen LogP contribution in [0.15, 0.2) is 10.6 Å². The first-order valence-corrected chi connectivity index (χ1v) is 5.70. The van der Waals surface area contributed by atoms with Crippen molar-refractivity contribution in [3.8, 4) is 0 Å². The van der Waals surface area contributed by atoms with E-state index >= 15 is 0 Å². The highest BCUT2D eigenvalue weighted by Crippen LogP contribution is 2.17. The summed E-state index contributed by atoms with van der Waals surface area (Å²) < 4.78 is 5.25. The number of nitrogens with one attached hydrogen (secondary N) is 2. The zero-order valence-electron chi connectivity index (χ0n) is 9.45. The Kier molecular flexibility index (Phi) is 3.44. The standard InChI is InChI=1S/C11H17N3O2/c1-8-6-12-10(16-8)7-13-11(15)14-9-4-2-3-5-9/h6,9H,2-5,7H2,1H3,(H2,13,14,15). The lowest BCUT2D eigenvalue weighted by molar-refractivity contribution is 0.235. The molecule has 1 fully saturated rings. The van der Waals surface area contributed by atoms with Gasteiger partial charge in [-0.05, 0) is 19.8 Å². The Hall–Kier alpha value is -1.52. The average Bonchev–Trinajstić information content (AvgIpc) is 2.87. The van der Waals surface area contributed by atoms with Crippen LogP contribution in [0, 0.1) is 6.92 Å². The summed E-state index contributed by atoms with van der Waals surface area (Å²) in [5, 5.41) is 5.67. The van der Waals surface area contributed by atoms with Gasteiger partial charge in [-0.25, -0.2) is 9.78 Å². The summed E-state index contributed by atoms with van der Waals surface area (Å²) in [7, 11) is 0. The van der Waals surface area contributed by atoms with Gasteiger partial charge < -0.3 is 15.1 Å². The predicted molar refractivity (Wildman–Crippen MR) is 58.9 cm³/mol. The first kappa shape index (κ1) is 11.0. The summed E-state index contributed by atoms with van der Waals surface area (Å²) in [6.07, 6.45) is 6.25. The van der Waals surface area contributed by atoms with Gasteiger partial charge >= 0.3 is 6.03 Å². The van der Waals surface area contributed by atoms with Crippen LogP contribution in [0.25, 0.3) is 0 Å². The fourth-order valence-corrected chi connectivity index (χ4v) is 1.95. The van der Waals surface area contributed by atoms with Crippen LogP contribution in [0.5, 0.6) is 0 Å². The highest BCUT2D eigenvalue weighted by Gasteiger charge is 2.16. The minimum Gasteiger partial charge on any atom is -0.444 e. The summed E-state index contributed by atoms with van der Waals surface area (Å²) in [6.45, 7) is 2.17. The third-order valence-corrected chi connectivity index (χ3v) is 2.76. The van der Waals surface area contributed by atoms with Crippen LogP contribution in [0.1, 0.15) is 37.3 Å². The molecule has 1 heterocycles. The molecular weight excluding hydrogens is 206 g/mol. The SMILES string of the molecule is Cc1cnc(CNC(=O)NC2CCCC2)o1. The number of carbonyl (C=O) groups excluding carboxylic acids is 1. The Labute approximate surface area is 94.6 Å². The predicted octanol–water partition coefficient (Wildman–Crippen LogP) is 1.72. The zero-order chi connectivity index (χ0) is 11.4. The first-order valence-electron chi connectivity index (χ1n) is 5.70. The lowest BCUT2D eigenvalue weighted by Gasteiger charge is -2.11. The number of hydrogen-bond donors (Lipinski definition) is 2. The van der Waals surface area contributed by atoms with Gasteiger partial charge in [-0.3, -0.25) is 0 Å². The van der Waals surface area contributed by atoms with E-state index in [0.717, 1.165) is 18.6 Å². The third-order valence-electron chi connectivity index (χ3n) is 2.76. The number of amides is 2. The molecule has 0 aliphatic heterocycles. The van der Waals surface area contributed by atoms with Gasteiger partial charge in [-0.1, -0.05) is 12.8 Å². The molecule has 0 radical (unpaired) electrons. The van der Waals surface area contributed by atoms with Crippen LogP contribution < -0.4 is 10.6 Å². The van der Waals surface area contributed by atoms with Gasteiger partial charge in [0.05, 0.1) is 12.7 Å². The summed E-state index contributed by atoms with van der Waals surface area (Å²) in [6, 6.07) is 0.203. The van der Waals surface area contributed by atoms with Crippen LogP contribution >= 0.6 is 0 Å². The largest absolute Gasteiger partial charge is 0.444 e. The Bertz CT molecular complexity index is 356. The van der Waals surface area contributed by atoms with Crippen molar-refractivity contribution in [2.75, 3.05) is 0 Å². The average molecular weight is 223 g/mol. The maximum absolute atomic E-state index is 11.5. The number of oxazole rings is 1. The van der Waals surface area contributed by atoms with Gasteiger partial charge in [0.15, 0.2) is 0 Å². The van der Waals surface area contributed by atoms with Gasteiger partial charge in [-0.15, -0.1) is 0 Å². The van der Waals surface area contributed by atoms with E-state index in [1.54, 1.807) is 6.20 Å². The van der Waals surface area contributed by atoms with E-state index in [1.165, 1.54) is 12.8 Å². The van der Waals surface area contributed by atoms with Gasteiger partial charge in [-0.2, -0.15) is 0 Å².